The van der Waals surface area contributed by atoms with Crippen LogP contribution in [-0.2, 0) is 4.74 Å². The zero-order valence-corrected chi connectivity index (χ0v) is 11.4. The number of nitrogen functional groups attached to an aromatic ring is 1. The van der Waals surface area contributed by atoms with E-state index in [1.807, 2.05) is 0 Å². The summed E-state index contributed by atoms with van der Waals surface area (Å²) < 4.78 is 11.0. The fraction of sp³-hybridized carbons (Fsp3) is 0.538. The molecule has 5 N–H and O–H groups in total. The molecule has 1 saturated heterocycles. The van der Waals surface area contributed by atoms with Crippen LogP contribution in [0, 0.1) is 0 Å². The minimum absolute atomic E-state index is 0.220. The number of rotatable bonds is 3. The Morgan fingerprint density at radius 1 is 1.43 bits per heavy atom. The van der Waals surface area contributed by atoms with Crippen LogP contribution in [0.3, 0.4) is 0 Å². The molecule has 1 aliphatic rings. The van der Waals surface area contributed by atoms with Crippen LogP contribution in [0.5, 0.6) is 0 Å². The molecule has 0 aromatic carbocycles. The van der Waals surface area contributed by atoms with Crippen molar-refractivity contribution in [3.05, 3.63) is 18.4 Å². The highest BCUT2D eigenvalue weighted by Crippen LogP contribution is 2.45. The molecule has 8 heteroatoms. The minimum atomic E-state index is -1.57. The molecule has 8 nitrogen and oxygen atoms in total. The monoisotopic (exact) mass is 295 g/mol. The van der Waals surface area contributed by atoms with Crippen LogP contribution in [0.4, 0.5) is 5.82 Å². The molecule has 3 heterocycles. The van der Waals surface area contributed by atoms with E-state index in [1.165, 1.54) is 12.6 Å². The van der Waals surface area contributed by atoms with Gasteiger partial charge in [0.15, 0.2) is 5.76 Å². The van der Waals surface area contributed by atoms with Crippen LogP contribution in [0.15, 0.2) is 17.0 Å². The van der Waals surface area contributed by atoms with Gasteiger partial charge >= 0.3 is 0 Å². The second kappa shape index (κ2) is 4.92. The molecule has 0 aliphatic carbocycles. The number of aromatic nitrogens is 2. The summed E-state index contributed by atoms with van der Waals surface area (Å²) in [5, 5.41) is 30.7. The number of fused-ring (bicyclic) bond motifs is 1. The van der Waals surface area contributed by atoms with Crippen LogP contribution in [0.1, 0.15) is 25.2 Å². The summed E-state index contributed by atoms with van der Waals surface area (Å²) in [6.45, 7) is 1.31. The van der Waals surface area contributed by atoms with Crippen molar-refractivity contribution in [2.24, 2.45) is 0 Å². The molecule has 4 unspecified atom stereocenters. The largest absolute Gasteiger partial charge is 0.463 e. The van der Waals surface area contributed by atoms with E-state index in [4.69, 9.17) is 14.9 Å². The molecule has 21 heavy (non-hydrogen) atoms. The standard InChI is InChI=1S/C13H17N3O5/c1-2-13(19)10(18)7(3-17)21-11(13)9-8-6(4-20-9)12(14)16-5-15-8/h4-5,7,10-11,17-19H,2-3H2,1H3,(H2,14,15,16). The summed E-state index contributed by atoms with van der Waals surface area (Å²) in [6.07, 6.45) is -0.162. The van der Waals surface area contributed by atoms with Crippen LogP contribution < -0.4 is 5.73 Å². The van der Waals surface area contributed by atoms with Gasteiger partial charge in [-0.25, -0.2) is 9.97 Å². The predicted molar refractivity (Wildman–Crippen MR) is 72.2 cm³/mol. The normalized spacial score (nSPS) is 32.9. The molecule has 2 aromatic rings. The molecular formula is C13H17N3O5. The van der Waals surface area contributed by atoms with Gasteiger partial charge in [-0.3, -0.25) is 0 Å². The molecule has 0 radical (unpaired) electrons. The first-order valence-corrected chi connectivity index (χ1v) is 6.67. The second-order valence-electron chi connectivity index (χ2n) is 5.15. The molecule has 1 fully saturated rings. The lowest BCUT2D eigenvalue weighted by molar-refractivity contribution is -0.0870. The summed E-state index contributed by atoms with van der Waals surface area (Å²) in [5.74, 6) is 0.519. The van der Waals surface area contributed by atoms with Crippen molar-refractivity contribution < 1.29 is 24.5 Å². The van der Waals surface area contributed by atoms with Crippen molar-refractivity contribution in [1.29, 1.82) is 0 Å². The zero-order chi connectivity index (χ0) is 15.2. The highest BCUT2D eigenvalue weighted by Gasteiger charge is 2.56. The number of hydrogen-bond donors (Lipinski definition) is 4. The minimum Gasteiger partial charge on any atom is -0.463 e. The van der Waals surface area contributed by atoms with Gasteiger partial charge in [-0.2, -0.15) is 0 Å². The summed E-state index contributed by atoms with van der Waals surface area (Å²) in [4.78, 5) is 7.97. The number of furan rings is 1. The third-order valence-electron chi connectivity index (χ3n) is 4.07. The van der Waals surface area contributed by atoms with E-state index in [0.29, 0.717) is 10.9 Å². The predicted octanol–water partition coefficient (Wildman–Crippen LogP) is -0.261. The first-order valence-electron chi connectivity index (χ1n) is 6.67. The lowest BCUT2D eigenvalue weighted by atomic mass is 9.86. The van der Waals surface area contributed by atoms with Gasteiger partial charge in [-0.1, -0.05) is 6.92 Å². The number of nitrogens with two attached hydrogens (primary N) is 1. The van der Waals surface area contributed by atoms with Gasteiger partial charge in [0.2, 0.25) is 0 Å². The molecule has 0 amide bonds. The summed E-state index contributed by atoms with van der Waals surface area (Å²) in [5.41, 5.74) is 4.60. The van der Waals surface area contributed by atoms with Gasteiger partial charge in [-0.15, -0.1) is 0 Å². The van der Waals surface area contributed by atoms with Crippen molar-refractivity contribution in [2.75, 3.05) is 12.3 Å². The number of ether oxygens (including phenoxy) is 1. The zero-order valence-electron chi connectivity index (χ0n) is 11.4. The van der Waals surface area contributed by atoms with Crippen LogP contribution in [-0.4, -0.2) is 49.7 Å². The molecule has 4 atom stereocenters. The Kier molecular flexibility index (Phi) is 3.33. The molecular weight excluding hydrogens is 278 g/mol. The molecule has 114 valence electrons. The smallest absolute Gasteiger partial charge is 0.162 e. The number of hydrogen-bond acceptors (Lipinski definition) is 8. The maximum atomic E-state index is 10.7. The molecule has 0 bridgehead atoms. The van der Waals surface area contributed by atoms with Gasteiger partial charge in [0.05, 0.1) is 12.0 Å². The number of aliphatic hydroxyl groups excluding tert-OH is 2. The number of anilines is 1. The maximum absolute atomic E-state index is 10.7. The van der Waals surface area contributed by atoms with Crippen molar-refractivity contribution in [3.63, 3.8) is 0 Å². The third-order valence-corrected chi connectivity index (χ3v) is 4.07. The van der Waals surface area contributed by atoms with Crippen molar-refractivity contribution >= 4 is 16.7 Å². The van der Waals surface area contributed by atoms with Crippen molar-refractivity contribution in [1.82, 2.24) is 9.97 Å². The fourth-order valence-corrected chi connectivity index (χ4v) is 2.76. The highest BCUT2D eigenvalue weighted by molar-refractivity contribution is 5.88. The van der Waals surface area contributed by atoms with Crippen LogP contribution in [0.25, 0.3) is 10.9 Å². The van der Waals surface area contributed by atoms with Gasteiger partial charge in [0.1, 0.15) is 47.8 Å². The fourth-order valence-electron chi connectivity index (χ4n) is 2.76. The van der Waals surface area contributed by atoms with Crippen molar-refractivity contribution in [3.8, 4) is 0 Å². The molecule has 1 aliphatic heterocycles. The Hall–Kier alpha value is -1.74. The Balaban J connectivity index is 2.11. The van der Waals surface area contributed by atoms with E-state index in [-0.39, 0.29) is 18.0 Å². The SMILES string of the molecule is CCC1(O)C(c2occ3c(N)ncnc23)OC(CO)C1O. The van der Waals surface area contributed by atoms with Gasteiger partial charge in [-0.05, 0) is 6.42 Å². The Labute approximate surface area is 120 Å². The lowest BCUT2D eigenvalue weighted by Gasteiger charge is -2.28. The Bertz CT molecular complexity index is 660. The third kappa shape index (κ3) is 1.91. The van der Waals surface area contributed by atoms with Crippen LogP contribution in [0.2, 0.25) is 0 Å². The summed E-state index contributed by atoms with van der Waals surface area (Å²) in [6, 6.07) is 0. The van der Waals surface area contributed by atoms with E-state index >= 15 is 0 Å². The first-order chi connectivity index (χ1) is 10.0. The number of nitrogens with zero attached hydrogens (tertiary/aromatic N) is 2. The van der Waals surface area contributed by atoms with E-state index in [0.717, 1.165) is 0 Å². The topological polar surface area (TPSA) is 135 Å². The molecule has 3 rings (SSSR count). The molecule has 2 aromatic heterocycles. The average Bonchev–Trinajstić information content (AvgIpc) is 3.01. The van der Waals surface area contributed by atoms with Crippen LogP contribution >= 0.6 is 0 Å². The van der Waals surface area contributed by atoms with Crippen molar-refractivity contribution in [2.45, 2.75) is 37.3 Å². The lowest BCUT2D eigenvalue weighted by Crippen LogP contribution is -2.45. The number of aliphatic hydroxyl groups is 3. The Morgan fingerprint density at radius 2 is 2.19 bits per heavy atom. The molecule has 0 spiro atoms. The molecule has 0 saturated carbocycles. The second-order valence-corrected chi connectivity index (χ2v) is 5.15. The van der Waals surface area contributed by atoms with Gasteiger partial charge in [0.25, 0.3) is 0 Å². The highest BCUT2D eigenvalue weighted by atomic mass is 16.6. The van der Waals surface area contributed by atoms with E-state index in [1.54, 1.807) is 6.92 Å². The quantitative estimate of drug-likeness (QED) is 0.608. The summed E-state index contributed by atoms with van der Waals surface area (Å²) >= 11 is 0. The van der Waals surface area contributed by atoms with E-state index in [9.17, 15) is 15.3 Å². The van der Waals surface area contributed by atoms with Gasteiger partial charge < -0.3 is 30.2 Å². The average molecular weight is 295 g/mol. The first kappa shape index (κ1) is 14.2. The summed E-state index contributed by atoms with van der Waals surface area (Å²) in [7, 11) is 0. The maximum Gasteiger partial charge on any atom is 0.162 e. The van der Waals surface area contributed by atoms with E-state index in [2.05, 4.69) is 9.97 Å². The Morgan fingerprint density at radius 3 is 2.86 bits per heavy atom. The van der Waals surface area contributed by atoms with E-state index < -0.39 is 30.5 Å². The van der Waals surface area contributed by atoms with Gasteiger partial charge in [0, 0.05) is 0 Å².